The van der Waals surface area contributed by atoms with Gasteiger partial charge >= 0.3 is 0 Å². The van der Waals surface area contributed by atoms with Crippen molar-refractivity contribution in [2.24, 2.45) is 5.73 Å². The lowest BCUT2D eigenvalue weighted by molar-refractivity contribution is 0.0484. The Morgan fingerprint density at radius 3 is 2.53 bits per heavy atom. The third-order valence-corrected chi connectivity index (χ3v) is 2.77. The highest BCUT2D eigenvalue weighted by Crippen LogP contribution is 2.27. The molecule has 1 saturated heterocycles. The van der Waals surface area contributed by atoms with Gasteiger partial charge < -0.3 is 15.0 Å². The molecule has 84 valence electrons. The highest BCUT2D eigenvalue weighted by Gasteiger charge is 2.35. The van der Waals surface area contributed by atoms with E-state index in [0.29, 0.717) is 24.9 Å². The fraction of sp³-hybridized carbons (Fsp3) is 0.800. The zero-order valence-electron chi connectivity index (χ0n) is 9.19. The van der Waals surface area contributed by atoms with Crippen LogP contribution in [0, 0.1) is 0 Å². The van der Waals surface area contributed by atoms with Crippen molar-refractivity contribution in [3.63, 3.8) is 0 Å². The van der Waals surface area contributed by atoms with Crippen LogP contribution in [0.15, 0.2) is 4.52 Å². The molecule has 0 atom stereocenters. The van der Waals surface area contributed by atoms with Crippen LogP contribution >= 0.6 is 0 Å². The summed E-state index contributed by atoms with van der Waals surface area (Å²) in [6.07, 6.45) is 1.51. The lowest BCUT2D eigenvalue weighted by Gasteiger charge is -2.29. The monoisotopic (exact) mass is 211 g/mol. The molecule has 1 fully saturated rings. The molecule has 1 aliphatic rings. The van der Waals surface area contributed by atoms with Crippen molar-refractivity contribution < 1.29 is 9.26 Å². The van der Waals surface area contributed by atoms with E-state index in [0.717, 1.165) is 12.8 Å². The van der Waals surface area contributed by atoms with Crippen LogP contribution in [0.1, 0.15) is 44.3 Å². The Kier molecular flexibility index (Phi) is 2.75. The fourth-order valence-electron chi connectivity index (χ4n) is 1.63. The van der Waals surface area contributed by atoms with E-state index in [4.69, 9.17) is 15.0 Å². The summed E-state index contributed by atoms with van der Waals surface area (Å²) in [5, 5.41) is 3.97. The zero-order valence-corrected chi connectivity index (χ0v) is 9.19. The highest BCUT2D eigenvalue weighted by molar-refractivity contribution is 5.06. The fourth-order valence-corrected chi connectivity index (χ4v) is 1.63. The van der Waals surface area contributed by atoms with Gasteiger partial charge in [-0.3, -0.25) is 0 Å². The van der Waals surface area contributed by atoms with Crippen LogP contribution < -0.4 is 5.73 Å². The normalized spacial score (nSPS) is 20.8. The third kappa shape index (κ3) is 2.03. The van der Waals surface area contributed by atoms with E-state index in [2.05, 4.69) is 10.1 Å². The molecule has 1 aliphatic heterocycles. The number of nitrogens with two attached hydrogens (primary N) is 1. The minimum atomic E-state index is -0.463. The van der Waals surface area contributed by atoms with Crippen molar-refractivity contribution in [1.82, 2.24) is 10.1 Å². The molecule has 2 rings (SSSR count). The Bertz CT molecular complexity index is 329. The highest BCUT2D eigenvalue weighted by atomic mass is 16.5. The van der Waals surface area contributed by atoms with Crippen molar-refractivity contribution in [2.45, 2.75) is 38.1 Å². The summed E-state index contributed by atoms with van der Waals surface area (Å²) >= 11 is 0. The first kappa shape index (κ1) is 10.6. The molecule has 0 aliphatic carbocycles. The summed E-state index contributed by atoms with van der Waals surface area (Å²) in [4.78, 5) is 4.35. The molecule has 0 saturated carbocycles. The van der Waals surface area contributed by atoms with E-state index >= 15 is 0 Å². The van der Waals surface area contributed by atoms with Crippen LogP contribution in [-0.2, 0) is 10.3 Å². The van der Waals surface area contributed by atoms with Gasteiger partial charge in [-0.1, -0.05) is 19.0 Å². The van der Waals surface area contributed by atoms with Gasteiger partial charge in [0.25, 0.3) is 0 Å². The number of ether oxygens (including phenoxy) is 1. The van der Waals surface area contributed by atoms with Crippen LogP contribution in [0.5, 0.6) is 0 Å². The van der Waals surface area contributed by atoms with Crippen molar-refractivity contribution in [3.8, 4) is 0 Å². The second-order valence-electron chi connectivity index (χ2n) is 4.38. The first-order valence-corrected chi connectivity index (χ1v) is 5.32. The molecule has 0 spiro atoms. The summed E-state index contributed by atoms with van der Waals surface area (Å²) in [7, 11) is 0. The van der Waals surface area contributed by atoms with E-state index in [9.17, 15) is 0 Å². The minimum Gasteiger partial charge on any atom is -0.381 e. The summed E-state index contributed by atoms with van der Waals surface area (Å²) in [6, 6.07) is 0. The zero-order chi connectivity index (χ0) is 10.9. The molecule has 15 heavy (non-hydrogen) atoms. The number of rotatable bonds is 2. The van der Waals surface area contributed by atoms with E-state index < -0.39 is 5.54 Å². The summed E-state index contributed by atoms with van der Waals surface area (Å²) in [5.74, 6) is 1.52. The van der Waals surface area contributed by atoms with Crippen LogP contribution in [0.4, 0.5) is 0 Å². The molecule has 5 heteroatoms. The molecular weight excluding hydrogens is 194 g/mol. The smallest absolute Gasteiger partial charge is 0.229 e. The van der Waals surface area contributed by atoms with E-state index in [1.165, 1.54) is 0 Å². The Morgan fingerprint density at radius 2 is 2.00 bits per heavy atom. The van der Waals surface area contributed by atoms with Gasteiger partial charge in [0.05, 0.1) is 5.54 Å². The lowest BCUT2D eigenvalue weighted by atomic mass is 9.91. The van der Waals surface area contributed by atoms with Crippen molar-refractivity contribution >= 4 is 0 Å². The van der Waals surface area contributed by atoms with Gasteiger partial charge in [0.15, 0.2) is 5.82 Å². The summed E-state index contributed by atoms with van der Waals surface area (Å²) < 4.78 is 10.4. The number of nitrogens with zero attached hydrogens (tertiary/aromatic N) is 2. The molecule has 0 bridgehead atoms. The van der Waals surface area contributed by atoms with E-state index in [-0.39, 0.29) is 5.92 Å². The number of hydrogen-bond donors (Lipinski definition) is 1. The van der Waals surface area contributed by atoms with E-state index in [1.54, 1.807) is 0 Å². The Labute approximate surface area is 89.0 Å². The van der Waals surface area contributed by atoms with Crippen molar-refractivity contribution in [3.05, 3.63) is 11.7 Å². The second kappa shape index (κ2) is 3.90. The number of aromatic nitrogens is 2. The summed E-state index contributed by atoms with van der Waals surface area (Å²) in [6.45, 7) is 5.37. The number of hydrogen-bond acceptors (Lipinski definition) is 5. The van der Waals surface area contributed by atoms with Gasteiger partial charge in [-0.15, -0.1) is 0 Å². The lowest BCUT2D eigenvalue weighted by Crippen LogP contribution is -2.43. The molecular formula is C10H17N3O2. The van der Waals surface area contributed by atoms with Crippen LogP contribution in [0.3, 0.4) is 0 Å². The minimum absolute atomic E-state index is 0.245. The Balaban J connectivity index is 2.20. The largest absolute Gasteiger partial charge is 0.381 e. The van der Waals surface area contributed by atoms with Gasteiger partial charge in [0, 0.05) is 19.1 Å². The topological polar surface area (TPSA) is 74.2 Å². The van der Waals surface area contributed by atoms with Crippen LogP contribution in [-0.4, -0.2) is 23.4 Å². The van der Waals surface area contributed by atoms with Gasteiger partial charge in [-0.2, -0.15) is 4.98 Å². The molecule has 0 amide bonds. The Hall–Kier alpha value is -0.940. The van der Waals surface area contributed by atoms with Crippen LogP contribution in [0.25, 0.3) is 0 Å². The van der Waals surface area contributed by atoms with E-state index in [1.807, 2.05) is 13.8 Å². The van der Waals surface area contributed by atoms with Gasteiger partial charge in [-0.05, 0) is 12.8 Å². The molecule has 2 N–H and O–H groups in total. The molecule has 0 unspecified atom stereocenters. The standard InChI is InChI=1S/C10H17N3O2/c1-7(2)8-12-9(13-15-8)10(11)3-5-14-6-4-10/h7H,3-6,11H2,1-2H3. The second-order valence-corrected chi connectivity index (χ2v) is 4.38. The molecule has 0 aromatic carbocycles. The first-order chi connectivity index (χ1) is 7.12. The molecule has 2 heterocycles. The van der Waals surface area contributed by atoms with Gasteiger partial charge in [0.2, 0.25) is 5.89 Å². The van der Waals surface area contributed by atoms with Gasteiger partial charge in [0.1, 0.15) is 0 Å². The maximum Gasteiger partial charge on any atom is 0.229 e. The van der Waals surface area contributed by atoms with Crippen LogP contribution in [0.2, 0.25) is 0 Å². The predicted octanol–water partition coefficient (Wildman–Crippen LogP) is 1.16. The van der Waals surface area contributed by atoms with Crippen molar-refractivity contribution in [1.29, 1.82) is 0 Å². The predicted molar refractivity (Wildman–Crippen MR) is 54.3 cm³/mol. The first-order valence-electron chi connectivity index (χ1n) is 5.32. The molecule has 1 aromatic heterocycles. The maximum absolute atomic E-state index is 6.23. The van der Waals surface area contributed by atoms with Gasteiger partial charge in [-0.25, -0.2) is 0 Å². The average Bonchev–Trinajstić information content (AvgIpc) is 2.68. The molecule has 1 aromatic rings. The summed E-state index contributed by atoms with van der Waals surface area (Å²) in [5.41, 5.74) is 5.77. The van der Waals surface area contributed by atoms with Crippen molar-refractivity contribution in [2.75, 3.05) is 13.2 Å². The third-order valence-electron chi connectivity index (χ3n) is 2.77. The quantitative estimate of drug-likeness (QED) is 0.794. The maximum atomic E-state index is 6.23. The average molecular weight is 211 g/mol. The Morgan fingerprint density at radius 1 is 1.33 bits per heavy atom. The molecule has 0 radical (unpaired) electrons. The SMILES string of the molecule is CC(C)c1nc(C2(N)CCOCC2)no1. The molecule has 5 nitrogen and oxygen atoms in total.